The number of ether oxygens (including phenoxy) is 2. The molecule has 7 heteroatoms. The quantitative estimate of drug-likeness (QED) is 0.382. The van der Waals surface area contributed by atoms with Crippen LogP contribution in [0.15, 0.2) is 54.3 Å². The molecule has 186 valence electrons. The summed E-state index contributed by atoms with van der Waals surface area (Å²) in [6, 6.07) is 14.9. The topological polar surface area (TPSA) is 67.9 Å². The molecule has 1 aliphatic carbocycles. The van der Waals surface area contributed by atoms with E-state index in [2.05, 4.69) is 5.32 Å². The number of benzene rings is 2. The molecule has 2 aliphatic rings. The fourth-order valence-corrected chi connectivity index (χ4v) is 4.78. The standard InChI is InChI=1S/C28H33ClN2O4/c1-2-34-17-5-16-30-27(32)22-12-8-20(9-13-22)18-26-28(33)31(19-21-10-14-23(29)15-11-21)24-6-3-4-7-25(24)35-26/h8-15,18,24-25H,2-7,16-17,19H2,1H3,(H,30,32)/b26-18-. The number of carbonyl (C=O) groups excluding carboxylic acids is 2. The summed E-state index contributed by atoms with van der Waals surface area (Å²) in [4.78, 5) is 27.8. The zero-order valence-corrected chi connectivity index (χ0v) is 20.9. The molecule has 0 aromatic heterocycles. The van der Waals surface area contributed by atoms with Crippen molar-refractivity contribution in [3.63, 3.8) is 0 Å². The number of fused-ring (bicyclic) bond motifs is 1. The predicted octanol–water partition coefficient (Wildman–Crippen LogP) is 5.21. The van der Waals surface area contributed by atoms with E-state index in [1.165, 1.54) is 0 Å². The Labute approximate surface area is 212 Å². The molecule has 1 aliphatic heterocycles. The van der Waals surface area contributed by atoms with Crippen LogP contribution < -0.4 is 5.32 Å². The SMILES string of the molecule is CCOCCCNC(=O)c1ccc(/C=C2\OC3CCCCC3N(Cc3ccc(Cl)cc3)C2=O)cc1. The Kier molecular flexibility index (Phi) is 8.83. The van der Waals surface area contributed by atoms with Crippen LogP contribution in [0.4, 0.5) is 0 Å². The van der Waals surface area contributed by atoms with Gasteiger partial charge in [0.15, 0.2) is 5.76 Å². The van der Waals surface area contributed by atoms with Crippen molar-refractivity contribution >= 4 is 29.5 Å². The molecular formula is C28H33ClN2O4. The molecule has 35 heavy (non-hydrogen) atoms. The summed E-state index contributed by atoms with van der Waals surface area (Å²) in [6.07, 6.45) is 6.65. The van der Waals surface area contributed by atoms with Gasteiger partial charge in [-0.2, -0.15) is 0 Å². The van der Waals surface area contributed by atoms with E-state index in [4.69, 9.17) is 21.1 Å². The lowest BCUT2D eigenvalue weighted by atomic mass is 9.89. The Bertz CT molecular complexity index is 1040. The maximum Gasteiger partial charge on any atom is 0.289 e. The number of hydrogen-bond donors (Lipinski definition) is 1. The van der Waals surface area contributed by atoms with E-state index < -0.39 is 0 Å². The Morgan fingerprint density at radius 2 is 1.89 bits per heavy atom. The molecule has 0 radical (unpaired) electrons. The first-order valence-electron chi connectivity index (χ1n) is 12.4. The fraction of sp³-hybridized carbons (Fsp3) is 0.429. The van der Waals surface area contributed by atoms with Gasteiger partial charge in [-0.1, -0.05) is 42.3 Å². The molecule has 6 nitrogen and oxygen atoms in total. The van der Waals surface area contributed by atoms with Crippen LogP contribution in [0, 0.1) is 0 Å². The average molecular weight is 497 g/mol. The van der Waals surface area contributed by atoms with Crippen molar-refractivity contribution in [2.75, 3.05) is 19.8 Å². The maximum absolute atomic E-state index is 13.5. The van der Waals surface area contributed by atoms with Crippen LogP contribution in [0.2, 0.25) is 5.02 Å². The summed E-state index contributed by atoms with van der Waals surface area (Å²) >= 11 is 6.04. The van der Waals surface area contributed by atoms with Crippen LogP contribution in [-0.2, 0) is 20.8 Å². The van der Waals surface area contributed by atoms with E-state index in [0.717, 1.165) is 43.2 Å². The molecule has 4 rings (SSSR count). The van der Waals surface area contributed by atoms with Gasteiger partial charge in [0.2, 0.25) is 0 Å². The Morgan fingerprint density at radius 1 is 1.14 bits per heavy atom. The molecule has 1 N–H and O–H groups in total. The molecular weight excluding hydrogens is 464 g/mol. The zero-order valence-electron chi connectivity index (χ0n) is 20.2. The second-order valence-corrected chi connectivity index (χ2v) is 9.44. The van der Waals surface area contributed by atoms with Gasteiger partial charge in [0.05, 0.1) is 6.04 Å². The van der Waals surface area contributed by atoms with Gasteiger partial charge in [-0.25, -0.2) is 0 Å². The maximum atomic E-state index is 13.5. The van der Waals surface area contributed by atoms with Crippen molar-refractivity contribution in [1.82, 2.24) is 10.2 Å². The number of rotatable bonds is 9. The molecule has 1 saturated heterocycles. The van der Waals surface area contributed by atoms with Crippen LogP contribution in [0.3, 0.4) is 0 Å². The summed E-state index contributed by atoms with van der Waals surface area (Å²) < 4.78 is 11.5. The molecule has 0 bridgehead atoms. The first kappa shape index (κ1) is 25.3. The lowest BCUT2D eigenvalue weighted by Gasteiger charge is -2.44. The second kappa shape index (κ2) is 12.2. The van der Waals surface area contributed by atoms with Gasteiger partial charge < -0.3 is 19.7 Å². The fourth-order valence-electron chi connectivity index (χ4n) is 4.65. The number of halogens is 1. The highest BCUT2D eigenvalue weighted by Gasteiger charge is 2.41. The minimum absolute atomic E-state index is 0.00161. The van der Waals surface area contributed by atoms with E-state index >= 15 is 0 Å². The zero-order chi connectivity index (χ0) is 24.6. The van der Waals surface area contributed by atoms with E-state index in [9.17, 15) is 9.59 Å². The number of hydrogen-bond acceptors (Lipinski definition) is 4. The molecule has 1 saturated carbocycles. The second-order valence-electron chi connectivity index (χ2n) is 9.00. The summed E-state index contributed by atoms with van der Waals surface area (Å²) in [7, 11) is 0. The lowest BCUT2D eigenvalue weighted by molar-refractivity contribution is -0.149. The van der Waals surface area contributed by atoms with Crippen molar-refractivity contribution in [2.24, 2.45) is 0 Å². The molecule has 2 unspecified atom stereocenters. The summed E-state index contributed by atoms with van der Waals surface area (Å²) in [6.45, 7) is 4.36. The molecule has 2 aromatic carbocycles. The van der Waals surface area contributed by atoms with Crippen LogP contribution in [-0.4, -0.2) is 48.6 Å². The molecule has 2 aromatic rings. The van der Waals surface area contributed by atoms with Crippen molar-refractivity contribution in [3.8, 4) is 0 Å². The third-order valence-corrected chi connectivity index (χ3v) is 6.76. The van der Waals surface area contributed by atoms with Crippen LogP contribution in [0.5, 0.6) is 0 Å². The van der Waals surface area contributed by atoms with Gasteiger partial charge in [0.1, 0.15) is 6.10 Å². The highest BCUT2D eigenvalue weighted by molar-refractivity contribution is 6.30. The van der Waals surface area contributed by atoms with Crippen molar-refractivity contribution in [3.05, 3.63) is 76.0 Å². The first-order valence-corrected chi connectivity index (χ1v) is 12.8. The third kappa shape index (κ3) is 6.65. The monoisotopic (exact) mass is 496 g/mol. The van der Waals surface area contributed by atoms with E-state index in [-0.39, 0.29) is 24.0 Å². The number of amides is 2. The summed E-state index contributed by atoms with van der Waals surface area (Å²) in [5, 5.41) is 3.58. The van der Waals surface area contributed by atoms with Gasteiger partial charge in [-0.3, -0.25) is 9.59 Å². The van der Waals surface area contributed by atoms with Gasteiger partial charge >= 0.3 is 0 Å². The molecule has 2 amide bonds. The van der Waals surface area contributed by atoms with Crippen LogP contribution in [0.1, 0.15) is 60.5 Å². The molecule has 0 spiro atoms. The van der Waals surface area contributed by atoms with Crippen molar-refractivity contribution in [1.29, 1.82) is 0 Å². The number of nitrogens with zero attached hydrogens (tertiary/aromatic N) is 1. The third-order valence-electron chi connectivity index (χ3n) is 6.51. The smallest absolute Gasteiger partial charge is 0.289 e. The highest BCUT2D eigenvalue weighted by Crippen LogP contribution is 2.34. The van der Waals surface area contributed by atoms with E-state index in [1.54, 1.807) is 18.2 Å². The van der Waals surface area contributed by atoms with E-state index in [0.29, 0.717) is 42.6 Å². The minimum Gasteiger partial charge on any atom is -0.482 e. The Balaban J connectivity index is 1.45. The molecule has 2 fully saturated rings. The first-order chi connectivity index (χ1) is 17.0. The number of carbonyl (C=O) groups is 2. The average Bonchev–Trinajstić information content (AvgIpc) is 2.88. The van der Waals surface area contributed by atoms with Crippen molar-refractivity contribution < 1.29 is 19.1 Å². The Hall–Kier alpha value is -2.83. The summed E-state index contributed by atoms with van der Waals surface area (Å²) in [5.74, 6) is 0.138. The van der Waals surface area contributed by atoms with Crippen LogP contribution >= 0.6 is 11.6 Å². The number of nitrogens with one attached hydrogen (secondary N) is 1. The number of morpholine rings is 1. The predicted molar refractivity (Wildman–Crippen MR) is 137 cm³/mol. The van der Waals surface area contributed by atoms with E-state index in [1.807, 2.05) is 48.2 Å². The molecule has 1 heterocycles. The van der Waals surface area contributed by atoms with Gasteiger partial charge in [0, 0.05) is 36.9 Å². The van der Waals surface area contributed by atoms with Gasteiger partial charge in [-0.05, 0) is 74.1 Å². The van der Waals surface area contributed by atoms with Gasteiger partial charge in [-0.15, -0.1) is 0 Å². The minimum atomic E-state index is -0.120. The highest BCUT2D eigenvalue weighted by atomic mass is 35.5. The summed E-state index contributed by atoms with van der Waals surface area (Å²) in [5.41, 5.74) is 2.45. The van der Waals surface area contributed by atoms with Crippen LogP contribution in [0.25, 0.3) is 6.08 Å². The lowest BCUT2D eigenvalue weighted by Crippen LogP contribution is -2.54. The molecule has 2 atom stereocenters. The van der Waals surface area contributed by atoms with Crippen molar-refractivity contribution in [2.45, 2.75) is 57.7 Å². The Morgan fingerprint density at radius 3 is 2.63 bits per heavy atom. The normalized spacial score (nSPS) is 20.9. The van der Waals surface area contributed by atoms with Gasteiger partial charge in [0.25, 0.3) is 11.8 Å². The largest absolute Gasteiger partial charge is 0.482 e.